The van der Waals surface area contributed by atoms with Gasteiger partial charge >= 0.3 is 0 Å². The Morgan fingerprint density at radius 3 is 2.65 bits per heavy atom. The summed E-state index contributed by atoms with van der Waals surface area (Å²) in [5.41, 5.74) is 0.490. The van der Waals surface area contributed by atoms with Gasteiger partial charge in [-0.2, -0.15) is 5.10 Å². The van der Waals surface area contributed by atoms with E-state index in [1.807, 2.05) is 19.0 Å². The first kappa shape index (κ1) is 14.5. The zero-order chi connectivity index (χ0) is 13.0. The Balaban J connectivity index is 2.92. The lowest BCUT2D eigenvalue weighted by Crippen LogP contribution is -2.28. The Labute approximate surface area is 108 Å². The van der Waals surface area contributed by atoms with Crippen LogP contribution in [0.2, 0.25) is 0 Å². The number of halogens is 3. The molecule has 0 aliphatic rings. The van der Waals surface area contributed by atoms with E-state index in [4.69, 9.17) is 0 Å². The molecule has 1 N–H and O–H groups in total. The first-order valence-electron chi connectivity index (χ1n) is 5.28. The molecule has 7 heteroatoms. The maximum absolute atomic E-state index is 12.9. The van der Waals surface area contributed by atoms with Crippen LogP contribution in [0.15, 0.2) is 10.7 Å². The molecule has 1 atom stereocenters. The predicted molar refractivity (Wildman–Crippen MR) is 66.3 cm³/mol. The maximum atomic E-state index is 12.9. The van der Waals surface area contributed by atoms with Crippen LogP contribution in [-0.2, 0) is 6.54 Å². The molecule has 0 spiro atoms. The minimum Gasteiger partial charge on any atom is -0.308 e. The van der Waals surface area contributed by atoms with Gasteiger partial charge in [0.15, 0.2) is 0 Å². The van der Waals surface area contributed by atoms with Crippen molar-refractivity contribution in [1.82, 2.24) is 20.0 Å². The van der Waals surface area contributed by atoms with E-state index in [9.17, 15) is 8.78 Å². The van der Waals surface area contributed by atoms with Crippen molar-refractivity contribution >= 4 is 15.9 Å². The minimum atomic E-state index is -2.47. The van der Waals surface area contributed by atoms with Crippen LogP contribution in [0.4, 0.5) is 8.78 Å². The van der Waals surface area contributed by atoms with Gasteiger partial charge in [0.05, 0.1) is 22.9 Å². The third-order valence-electron chi connectivity index (χ3n) is 2.45. The first-order valence-corrected chi connectivity index (χ1v) is 6.08. The van der Waals surface area contributed by atoms with Crippen LogP contribution in [0, 0.1) is 0 Å². The molecule has 1 unspecified atom stereocenters. The van der Waals surface area contributed by atoms with Gasteiger partial charge in [0.25, 0.3) is 6.43 Å². The number of aromatic nitrogens is 2. The monoisotopic (exact) mass is 310 g/mol. The van der Waals surface area contributed by atoms with Crippen molar-refractivity contribution in [1.29, 1.82) is 0 Å². The molecular weight excluding hydrogens is 294 g/mol. The van der Waals surface area contributed by atoms with Crippen molar-refractivity contribution in [2.24, 2.45) is 0 Å². The smallest absolute Gasteiger partial charge is 0.259 e. The molecule has 1 aromatic rings. The second-order valence-corrected chi connectivity index (χ2v) is 4.86. The standard InChI is InChI=1S/C10H17BrF2N4/c1-14-8(10(12)13)9-7(11)6-15-17(9)5-4-16(2)3/h6,8,10,14H,4-5H2,1-3H3. The summed E-state index contributed by atoms with van der Waals surface area (Å²) < 4.78 is 28.0. The molecule has 0 bridgehead atoms. The van der Waals surface area contributed by atoms with Crippen molar-refractivity contribution in [3.63, 3.8) is 0 Å². The molecule has 1 aromatic heterocycles. The van der Waals surface area contributed by atoms with Gasteiger partial charge < -0.3 is 10.2 Å². The fourth-order valence-corrected chi connectivity index (χ4v) is 2.08. The van der Waals surface area contributed by atoms with Crippen LogP contribution in [0.5, 0.6) is 0 Å². The highest BCUT2D eigenvalue weighted by molar-refractivity contribution is 9.10. The third-order valence-corrected chi connectivity index (χ3v) is 3.06. The highest BCUT2D eigenvalue weighted by Crippen LogP contribution is 2.27. The van der Waals surface area contributed by atoms with E-state index in [2.05, 4.69) is 26.3 Å². The molecule has 0 saturated carbocycles. The van der Waals surface area contributed by atoms with Gasteiger partial charge in [-0.25, -0.2) is 8.78 Å². The quantitative estimate of drug-likeness (QED) is 0.869. The topological polar surface area (TPSA) is 33.1 Å². The zero-order valence-electron chi connectivity index (χ0n) is 10.1. The molecule has 0 aliphatic heterocycles. The van der Waals surface area contributed by atoms with Crippen molar-refractivity contribution < 1.29 is 8.78 Å². The van der Waals surface area contributed by atoms with Gasteiger partial charge in [0.2, 0.25) is 0 Å². The van der Waals surface area contributed by atoms with Crippen LogP contribution in [-0.4, -0.2) is 48.8 Å². The van der Waals surface area contributed by atoms with Gasteiger partial charge in [-0.3, -0.25) is 4.68 Å². The van der Waals surface area contributed by atoms with Gasteiger partial charge in [-0.05, 0) is 37.1 Å². The average Bonchev–Trinajstić information content (AvgIpc) is 2.59. The fraction of sp³-hybridized carbons (Fsp3) is 0.700. The number of alkyl halides is 2. The highest BCUT2D eigenvalue weighted by Gasteiger charge is 2.26. The second kappa shape index (κ2) is 6.42. The molecule has 1 heterocycles. The van der Waals surface area contributed by atoms with Crippen LogP contribution >= 0.6 is 15.9 Å². The van der Waals surface area contributed by atoms with Crippen molar-refractivity contribution in [3.8, 4) is 0 Å². The maximum Gasteiger partial charge on any atom is 0.259 e. The number of nitrogens with zero attached hydrogens (tertiary/aromatic N) is 3. The number of likely N-dealkylation sites (N-methyl/N-ethyl adjacent to an activating group) is 1. The summed E-state index contributed by atoms with van der Waals surface area (Å²) in [6, 6.07) is -1.01. The summed E-state index contributed by atoms with van der Waals surface area (Å²) in [5.74, 6) is 0. The first-order chi connectivity index (χ1) is 7.97. The minimum absolute atomic E-state index is 0.490. The van der Waals surface area contributed by atoms with Crippen molar-refractivity contribution in [2.45, 2.75) is 19.0 Å². The summed E-state index contributed by atoms with van der Waals surface area (Å²) >= 11 is 3.26. The summed E-state index contributed by atoms with van der Waals surface area (Å²) in [6.45, 7) is 1.33. The average molecular weight is 311 g/mol. The summed E-state index contributed by atoms with van der Waals surface area (Å²) in [6.07, 6.45) is -0.913. The molecule has 0 amide bonds. The lowest BCUT2D eigenvalue weighted by Gasteiger charge is -2.19. The Morgan fingerprint density at radius 1 is 1.53 bits per heavy atom. The molecule has 0 aromatic carbocycles. The van der Waals surface area contributed by atoms with Gasteiger partial charge in [0, 0.05) is 6.54 Å². The second-order valence-electron chi connectivity index (χ2n) is 4.00. The van der Waals surface area contributed by atoms with Crippen LogP contribution < -0.4 is 5.32 Å². The van der Waals surface area contributed by atoms with E-state index >= 15 is 0 Å². The molecule has 0 radical (unpaired) electrons. The summed E-state index contributed by atoms with van der Waals surface area (Å²) in [7, 11) is 5.38. The number of hydrogen-bond donors (Lipinski definition) is 1. The molecule has 17 heavy (non-hydrogen) atoms. The molecule has 0 fully saturated rings. The van der Waals surface area contributed by atoms with Crippen molar-refractivity contribution in [2.75, 3.05) is 27.7 Å². The SMILES string of the molecule is CNC(c1c(Br)cnn1CCN(C)C)C(F)F. The molecule has 0 saturated heterocycles. The van der Waals surface area contributed by atoms with E-state index in [0.29, 0.717) is 16.7 Å². The van der Waals surface area contributed by atoms with Gasteiger partial charge in [-0.1, -0.05) is 0 Å². The normalized spacial score (nSPS) is 13.6. The van der Waals surface area contributed by atoms with Gasteiger partial charge in [-0.15, -0.1) is 0 Å². The molecule has 98 valence electrons. The Bertz CT molecular complexity index is 354. The number of rotatable bonds is 6. The molecular formula is C10H17BrF2N4. The highest BCUT2D eigenvalue weighted by atomic mass is 79.9. The van der Waals surface area contributed by atoms with Crippen molar-refractivity contribution in [3.05, 3.63) is 16.4 Å². The molecule has 4 nitrogen and oxygen atoms in total. The van der Waals surface area contributed by atoms with Crippen LogP contribution in [0.3, 0.4) is 0 Å². The summed E-state index contributed by atoms with van der Waals surface area (Å²) in [4.78, 5) is 1.98. The van der Waals surface area contributed by atoms with Gasteiger partial charge in [0.1, 0.15) is 6.04 Å². The largest absolute Gasteiger partial charge is 0.308 e. The Morgan fingerprint density at radius 2 is 2.18 bits per heavy atom. The lowest BCUT2D eigenvalue weighted by atomic mass is 10.2. The predicted octanol–water partition coefficient (Wildman–Crippen LogP) is 1.73. The summed E-state index contributed by atoms with van der Waals surface area (Å²) in [5, 5.41) is 6.73. The van der Waals surface area contributed by atoms with Crippen LogP contribution in [0.25, 0.3) is 0 Å². The van der Waals surface area contributed by atoms with E-state index in [1.165, 1.54) is 7.05 Å². The third kappa shape index (κ3) is 3.72. The number of hydrogen-bond acceptors (Lipinski definition) is 3. The molecule has 1 rings (SSSR count). The van der Waals surface area contributed by atoms with E-state index in [0.717, 1.165) is 6.54 Å². The van der Waals surface area contributed by atoms with E-state index in [1.54, 1.807) is 10.9 Å². The fourth-order valence-electron chi connectivity index (χ4n) is 1.54. The zero-order valence-corrected chi connectivity index (χ0v) is 11.7. The Hall–Kier alpha value is -0.530. The van der Waals surface area contributed by atoms with E-state index < -0.39 is 12.5 Å². The van der Waals surface area contributed by atoms with E-state index in [-0.39, 0.29) is 0 Å². The number of nitrogens with one attached hydrogen (secondary N) is 1. The Kier molecular flexibility index (Phi) is 5.48. The lowest BCUT2D eigenvalue weighted by molar-refractivity contribution is 0.0974. The van der Waals surface area contributed by atoms with Crippen LogP contribution in [0.1, 0.15) is 11.7 Å². The molecule has 0 aliphatic carbocycles.